The van der Waals surface area contributed by atoms with E-state index in [1.807, 2.05) is 0 Å². The van der Waals surface area contributed by atoms with Crippen molar-refractivity contribution in [3.8, 4) is 0 Å². The molecule has 1 aliphatic rings. The second kappa shape index (κ2) is 8.35. The van der Waals surface area contributed by atoms with Crippen LogP contribution in [0.4, 0.5) is 5.69 Å². The van der Waals surface area contributed by atoms with Crippen molar-refractivity contribution in [1.29, 1.82) is 0 Å². The van der Waals surface area contributed by atoms with Crippen molar-refractivity contribution < 1.29 is 9.72 Å². The number of benzene rings is 1. The molecule has 1 aliphatic heterocycles. The number of nitro benzene ring substituents is 1. The maximum absolute atomic E-state index is 11.8. The first-order chi connectivity index (χ1) is 11.1. The lowest BCUT2D eigenvalue weighted by atomic mass is 10.2. The molecule has 1 amide bonds. The number of hydrogen-bond donors (Lipinski definition) is 1. The Hall–Kier alpha value is -2.32. The Morgan fingerprint density at radius 1 is 1.35 bits per heavy atom. The van der Waals surface area contributed by atoms with Crippen LogP contribution in [0.3, 0.4) is 0 Å². The number of hydrogen-bond acceptors (Lipinski definition) is 6. The molecule has 0 spiro atoms. The molecule has 124 valence electrons. The van der Waals surface area contributed by atoms with Gasteiger partial charge < -0.3 is 9.80 Å². The molecule has 0 unspecified atom stereocenters. The summed E-state index contributed by atoms with van der Waals surface area (Å²) in [6.45, 7) is 4.64. The van der Waals surface area contributed by atoms with Crippen molar-refractivity contribution >= 4 is 17.8 Å². The number of para-hydroxylation sites is 1. The zero-order valence-electron chi connectivity index (χ0n) is 13.1. The van der Waals surface area contributed by atoms with E-state index in [9.17, 15) is 14.9 Å². The molecule has 0 saturated carbocycles. The van der Waals surface area contributed by atoms with Gasteiger partial charge in [-0.1, -0.05) is 12.1 Å². The van der Waals surface area contributed by atoms with Crippen LogP contribution in [-0.4, -0.2) is 66.6 Å². The van der Waals surface area contributed by atoms with E-state index in [4.69, 9.17) is 0 Å². The van der Waals surface area contributed by atoms with Crippen molar-refractivity contribution in [3.63, 3.8) is 0 Å². The highest BCUT2D eigenvalue weighted by molar-refractivity contribution is 5.86. The molecule has 0 aromatic heterocycles. The average Bonchev–Trinajstić information content (AvgIpc) is 2.54. The monoisotopic (exact) mass is 319 g/mol. The van der Waals surface area contributed by atoms with E-state index in [-0.39, 0.29) is 11.6 Å². The van der Waals surface area contributed by atoms with E-state index in [1.165, 1.54) is 12.3 Å². The van der Waals surface area contributed by atoms with Crippen molar-refractivity contribution in [3.05, 3.63) is 39.9 Å². The summed E-state index contributed by atoms with van der Waals surface area (Å²) in [5, 5.41) is 14.7. The van der Waals surface area contributed by atoms with Gasteiger partial charge in [-0.05, 0) is 13.1 Å². The van der Waals surface area contributed by atoms with Crippen LogP contribution in [0.25, 0.3) is 0 Å². The van der Waals surface area contributed by atoms with Crippen molar-refractivity contribution in [2.75, 3.05) is 39.8 Å². The molecule has 1 N–H and O–H groups in total. The van der Waals surface area contributed by atoms with Gasteiger partial charge in [0.25, 0.3) is 5.69 Å². The summed E-state index contributed by atoms with van der Waals surface area (Å²) >= 11 is 0. The molecule has 1 heterocycles. The van der Waals surface area contributed by atoms with E-state index < -0.39 is 4.92 Å². The summed E-state index contributed by atoms with van der Waals surface area (Å²) in [5.41, 5.74) is 2.74. The molecule has 8 nitrogen and oxygen atoms in total. The SMILES string of the molecule is CN1CCN(CCC(=O)NN=Cc2ccccc2[N+](=O)[O-])CC1. The average molecular weight is 319 g/mol. The highest BCUT2D eigenvalue weighted by Crippen LogP contribution is 2.14. The van der Waals surface area contributed by atoms with Gasteiger partial charge in [0.15, 0.2) is 0 Å². The molecule has 0 radical (unpaired) electrons. The van der Waals surface area contributed by atoms with E-state index in [0.29, 0.717) is 18.5 Å². The Balaban J connectivity index is 1.77. The van der Waals surface area contributed by atoms with E-state index >= 15 is 0 Å². The van der Waals surface area contributed by atoms with Gasteiger partial charge in [0, 0.05) is 45.2 Å². The maximum Gasteiger partial charge on any atom is 0.278 e. The van der Waals surface area contributed by atoms with Gasteiger partial charge >= 0.3 is 0 Å². The fourth-order valence-corrected chi connectivity index (χ4v) is 2.32. The minimum atomic E-state index is -0.476. The number of likely N-dealkylation sites (N-methyl/N-ethyl adjacent to an activating group) is 1. The summed E-state index contributed by atoms with van der Waals surface area (Å²) in [7, 11) is 2.08. The maximum atomic E-state index is 11.8. The van der Waals surface area contributed by atoms with E-state index in [0.717, 1.165) is 26.2 Å². The summed E-state index contributed by atoms with van der Waals surface area (Å²) in [6.07, 6.45) is 1.66. The van der Waals surface area contributed by atoms with Gasteiger partial charge in [-0.15, -0.1) is 0 Å². The van der Waals surface area contributed by atoms with Crippen LogP contribution in [0.15, 0.2) is 29.4 Å². The van der Waals surface area contributed by atoms with Crippen LogP contribution in [0, 0.1) is 10.1 Å². The number of rotatable bonds is 6. The van der Waals surface area contributed by atoms with E-state index in [2.05, 4.69) is 27.4 Å². The largest absolute Gasteiger partial charge is 0.304 e. The molecule has 8 heteroatoms. The number of carbonyl (C=O) groups is 1. The molecular weight excluding hydrogens is 298 g/mol. The predicted molar refractivity (Wildman–Crippen MR) is 87.4 cm³/mol. The smallest absolute Gasteiger partial charge is 0.278 e. The first kappa shape index (κ1) is 17.0. The third-order valence-electron chi connectivity index (χ3n) is 3.78. The Bertz CT molecular complexity index is 582. The molecule has 2 rings (SSSR count). The lowest BCUT2D eigenvalue weighted by molar-refractivity contribution is -0.385. The van der Waals surface area contributed by atoms with Crippen LogP contribution in [0.2, 0.25) is 0 Å². The summed E-state index contributed by atoms with van der Waals surface area (Å²) in [5.74, 6) is -0.196. The topological polar surface area (TPSA) is 91.1 Å². The zero-order chi connectivity index (χ0) is 16.7. The molecule has 1 aromatic carbocycles. The van der Waals surface area contributed by atoms with Gasteiger partial charge in [-0.3, -0.25) is 14.9 Å². The van der Waals surface area contributed by atoms with Crippen LogP contribution in [0.1, 0.15) is 12.0 Å². The fraction of sp³-hybridized carbons (Fsp3) is 0.467. The first-order valence-corrected chi connectivity index (χ1v) is 7.52. The second-order valence-corrected chi connectivity index (χ2v) is 5.50. The van der Waals surface area contributed by atoms with Crippen LogP contribution in [0.5, 0.6) is 0 Å². The molecule has 0 atom stereocenters. The van der Waals surface area contributed by atoms with Crippen molar-refractivity contribution in [2.45, 2.75) is 6.42 Å². The second-order valence-electron chi connectivity index (χ2n) is 5.50. The fourth-order valence-electron chi connectivity index (χ4n) is 2.32. The number of nitrogens with one attached hydrogen (secondary N) is 1. The van der Waals surface area contributed by atoms with Crippen LogP contribution in [-0.2, 0) is 4.79 Å². The van der Waals surface area contributed by atoms with Gasteiger partial charge in [0.05, 0.1) is 16.7 Å². The zero-order valence-corrected chi connectivity index (χ0v) is 13.1. The highest BCUT2D eigenvalue weighted by Gasteiger charge is 2.14. The summed E-state index contributed by atoms with van der Waals surface area (Å²) in [6, 6.07) is 6.25. The van der Waals surface area contributed by atoms with Gasteiger partial charge in [0.2, 0.25) is 5.91 Å². The minimum Gasteiger partial charge on any atom is -0.304 e. The molecule has 0 aliphatic carbocycles. The van der Waals surface area contributed by atoms with Gasteiger partial charge in [0.1, 0.15) is 0 Å². The lowest BCUT2D eigenvalue weighted by Crippen LogP contribution is -2.45. The Labute approximate surface area is 134 Å². The molecule has 1 aromatic rings. The lowest BCUT2D eigenvalue weighted by Gasteiger charge is -2.32. The van der Waals surface area contributed by atoms with E-state index in [1.54, 1.807) is 18.2 Å². The molecule has 23 heavy (non-hydrogen) atoms. The third-order valence-corrected chi connectivity index (χ3v) is 3.78. The van der Waals surface area contributed by atoms with Crippen molar-refractivity contribution in [2.24, 2.45) is 5.10 Å². The number of piperazine rings is 1. The normalized spacial score (nSPS) is 16.6. The van der Waals surface area contributed by atoms with Crippen LogP contribution < -0.4 is 5.43 Å². The number of nitrogens with zero attached hydrogens (tertiary/aromatic N) is 4. The Morgan fingerprint density at radius 3 is 2.74 bits per heavy atom. The first-order valence-electron chi connectivity index (χ1n) is 7.52. The van der Waals surface area contributed by atoms with Gasteiger partial charge in [-0.25, -0.2) is 5.43 Å². The van der Waals surface area contributed by atoms with Crippen LogP contribution >= 0.6 is 0 Å². The van der Waals surface area contributed by atoms with Crippen molar-refractivity contribution in [1.82, 2.24) is 15.2 Å². The number of amides is 1. The standard InChI is InChI=1S/C15H21N5O3/c1-18-8-10-19(11-9-18)7-6-15(21)17-16-12-13-4-2-3-5-14(13)20(22)23/h2-5,12H,6-11H2,1H3,(H,17,21). The number of carbonyl (C=O) groups excluding carboxylic acids is 1. The molecular formula is C15H21N5O3. The summed E-state index contributed by atoms with van der Waals surface area (Å²) in [4.78, 5) is 26.7. The number of nitro groups is 1. The highest BCUT2D eigenvalue weighted by atomic mass is 16.6. The summed E-state index contributed by atoms with van der Waals surface area (Å²) < 4.78 is 0. The molecule has 1 saturated heterocycles. The minimum absolute atomic E-state index is 0.0389. The Morgan fingerprint density at radius 2 is 2.04 bits per heavy atom. The Kier molecular flexibility index (Phi) is 6.19. The van der Waals surface area contributed by atoms with Gasteiger partial charge in [-0.2, -0.15) is 5.10 Å². The molecule has 1 fully saturated rings. The quantitative estimate of drug-likeness (QED) is 0.473. The predicted octanol–water partition coefficient (Wildman–Crippen LogP) is 0.682. The number of hydrazone groups is 1. The third kappa shape index (κ3) is 5.42. The molecule has 0 bridgehead atoms.